The fourth-order valence-electron chi connectivity index (χ4n) is 1.31. The van der Waals surface area contributed by atoms with Crippen LogP contribution >= 0.6 is 11.3 Å². The van der Waals surface area contributed by atoms with Crippen LogP contribution in [0.1, 0.15) is 10.7 Å². The molecule has 0 fully saturated rings. The molecular weight excluding hydrogens is 260 g/mol. The van der Waals surface area contributed by atoms with Gasteiger partial charge < -0.3 is 15.1 Å². The van der Waals surface area contributed by atoms with E-state index in [-0.39, 0.29) is 6.42 Å². The zero-order valence-electron chi connectivity index (χ0n) is 9.62. The summed E-state index contributed by atoms with van der Waals surface area (Å²) in [4.78, 5) is 37.7. The van der Waals surface area contributed by atoms with Crippen LogP contribution in [-0.4, -0.2) is 51.0 Å². The molecule has 1 aromatic rings. The number of nitrogens with zero attached hydrogens (tertiary/aromatic N) is 2. The summed E-state index contributed by atoms with van der Waals surface area (Å²) in [5.74, 6) is -3.07. The Labute approximate surface area is 107 Å². The number of rotatable bonds is 6. The molecule has 1 aromatic heterocycles. The highest BCUT2D eigenvalue weighted by atomic mass is 32.1. The second-order valence-corrected chi connectivity index (χ2v) is 4.63. The highest BCUT2D eigenvalue weighted by Crippen LogP contribution is 2.09. The summed E-state index contributed by atoms with van der Waals surface area (Å²) in [6.45, 7) is 0.521. The van der Waals surface area contributed by atoms with Gasteiger partial charge in [0, 0.05) is 5.38 Å². The predicted octanol–water partition coefficient (Wildman–Crippen LogP) is -0.00818. The Hall–Kier alpha value is -1.96. The molecule has 8 heteroatoms. The normalized spacial score (nSPS) is 10.1. The number of aryl methyl sites for hydroxylation is 1. The van der Waals surface area contributed by atoms with Crippen molar-refractivity contribution in [2.75, 3.05) is 13.1 Å². The first-order valence-corrected chi connectivity index (χ1v) is 5.89. The number of hydrogen-bond acceptors (Lipinski definition) is 5. The molecule has 0 aromatic carbocycles. The molecule has 1 rings (SSSR count). The van der Waals surface area contributed by atoms with Crippen LogP contribution in [0.25, 0.3) is 0 Å². The second kappa shape index (κ2) is 6.10. The summed E-state index contributed by atoms with van der Waals surface area (Å²) in [5.41, 5.74) is 0.517. The van der Waals surface area contributed by atoms with Crippen molar-refractivity contribution < 1.29 is 24.6 Å². The van der Waals surface area contributed by atoms with Gasteiger partial charge in [0.2, 0.25) is 5.91 Å². The lowest BCUT2D eigenvalue weighted by molar-refractivity contribution is -0.149. The first kappa shape index (κ1) is 14.1. The Bertz CT molecular complexity index is 455. The van der Waals surface area contributed by atoms with Gasteiger partial charge in [-0.25, -0.2) is 4.98 Å². The van der Waals surface area contributed by atoms with Gasteiger partial charge in [-0.2, -0.15) is 0 Å². The molecule has 0 aliphatic rings. The van der Waals surface area contributed by atoms with E-state index in [2.05, 4.69) is 4.98 Å². The first-order chi connectivity index (χ1) is 8.38. The lowest BCUT2D eigenvalue weighted by atomic mass is 10.3. The lowest BCUT2D eigenvalue weighted by Crippen LogP contribution is -2.40. The standard InChI is InChI=1S/C10H12N2O5S/c1-6-11-7(5-18-6)2-8(13)12(3-9(14)15)4-10(16)17/h5H,2-4H2,1H3,(H,14,15)(H,16,17). The van der Waals surface area contributed by atoms with E-state index >= 15 is 0 Å². The van der Waals surface area contributed by atoms with Gasteiger partial charge in [-0.1, -0.05) is 0 Å². The predicted molar refractivity (Wildman–Crippen MR) is 62.4 cm³/mol. The lowest BCUT2D eigenvalue weighted by Gasteiger charge is -2.17. The van der Waals surface area contributed by atoms with Gasteiger partial charge >= 0.3 is 11.9 Å². The maximum absolute atomic E-state index is 11.8. The number of carbonyl (C=O) groups excluding carboxylic acids is 1. The third-order valence-electron chi connectivity index (χ3n) is 2.00. The number of thiazole rings is 1. The van der Waals surface area contributed by atoms with E-state index in [1.54, 1.807) is 12.3 Å². The molecular formula is C10H12N2O5S. The van der Waals surface area contributed by atoms with Gasteiger partial charge in [0.05, 0.1) is 17.1 Å². The SMILES string of the molecule is Cc1nc(CC(=O)N(CC(=O)O)CC(=O)O)cs1. The Balaban J connectivity index is 2.69. The first-order valence-electron chi connectivity index (χ1n) is 5.01. The van der Waals surface area contributed by atoms with E-state index in [0.29, 0.717) is 5.69 Å². The molecule has 0 saturated carbocycles. The maximum Gasteiger partial charge on any atom is 0.323 e. The number of aromatic nitrogens is 1. The molecule has 0 aliphatic carbocycles. The Morgan fingerprint density at radius 1 is 1.28 bits per heavy atom. The molecule has 0 saturated heterocycles. The third-order valence-corrected chi connectivity index (χ3v) is 2.83. The second-order valence-electron chi connectivity index (χ2n) is 3.57. The molecule has 1 amide bonds. The molecule has 18 heavy (non-hydrogen) atoms. The summed E-state index contributed by atoms with van der Waals surface area (Å²) < 4.78 is 0. The van der Waals surface area contributed by atoms with Crippen molar-refractivity contribution in [2.45, 2.75) is 13.3 Å². The Morgan fingerprint density at radius 3 is 2.22 bits per heavy atom. The molecule has 98 valence electrons. The molecule has 0 atom stereocenters. The van der Waals surface area contributed by atoms with Crippen molar-refractivity contribution in [1.29, 1.82) is 0 Å². The van der Waals surface area contributed by atoms with E-state index in [4.69, 9.17) is 10.2 Å². The quantitative estimate of drug-likeness (QED) is 0.754. The molecule has 0 unspecified atom stereocenters. The average molecular weight is 272 g/mol. The van der Waals surface area contributed by atoms with Gasteiger partial charge in [-0.05, 0) is 6.92 Å². The van der Waals surface area contributed by atoms with Crippen molar-refractivity contribution >= 4 is 29.2 Å². The monoisotopic (exact) mass is 272 g/mol. The van der Waals surface area contributed by atoms with Gasteiger partial charge in [-0.3, -0.25) is 14.4 Å². The van der Waals surface area contributed by atoms with Gasteiger partial charge in [0.1, 0.15) is 13.1 Å². The van der Waals surface area contributed by atoms with Crippen LogP contribution in [0.15, 0.2) is 5.38 Å². The smallest absolute Gasteiger partial charge is 0.323 e. The molecule has 2 N–H and O–H groups in total. The van der Waals surface area contributed by atoms with Crippen molar-refractivity contribution in [2.24, 2.45) is 0 Å². The minimum absolute atomic E-state index is 0.0924. The minimum atomic E-state index is -1.25. The van der Waals surface area contributed by atoms with Gasteiger partial charge in [0.15, 0.2) is 0 Å². The number of carbonyl (C=O) groups is 3. The van der Waals surface area contributed by atoms with Gasteiger partial charge in [-0.15, -0.1) is 11.3 Å². The molecule has 7 nitrogen and oxygen atoms in total. The van der Waals surface area contributed by atoms with Crippen molar-refractivity contribution in [3.63, 3.8) is 0 Å². The van der Waals surface area contributed by atoms with Crippen LogP contribution < -0.4 is 0 Å². The van der Waals surface area contributed by atoms with Crippen molar-refractivity contribution in [3.05, 3.63) is 16.1 Å². The highest BCUT2D eigenvalue weighted by molar-refractivity contribution is 7.09. The average Bonchev–Trinajstić information content (AvgIpc) is 2.61. The number of hydrogen-bond donors (Lipinski definition) is 2. The van der Waals surface area contributed by atoms with Crippen LogP contribution in [0.5, 0.6) is 0 Å². The summed E-state index contributed by atoms with van der Waals surface area (Å²) in [5, 5.41) is 19.7. The number of amides is 1. The van der Waals surface area contributed by atoms with Crippen LogP contribution in [0.3, 0.4) is 0 Å². The molecule has 0 spiro atoms. The van der Waals surface area contributed by atoms with Crippen LogP contribution in [0, 0.1) is 6.92 Å². The van der Waals surface area contributed by atoms with E-state index in [9.17, 15) is 14.4 Å². The van der Waals surface area contributed by atoms with E-state index in [1.165, 1.54) is 11.3 Å². The highest BCUT2D eigenvalue weighted by Gasteiger charge is 2.20. The molecule has 0 aliphatic heterocycles. The number of aliphatic carboxylic acids is 2. The fourth-order valence-corrected chi connectivity index (χ4v) is 1.93. The fraction of sp³-hybridized carbons (Fsp3) is 0.400. The Morgan fingerprint density at radius 2 is 1.83 bits per heavy atom. The van der Waals surface area contributed by atoms with E-state index in [0.717, 1.165) is 9.91 Å². The maximum atomic E-state index is 11.8. The molecule has 1 heterocycles. The topological polar surface area (TPSA) is 108 Å². The zero-order valence-corrected chi connectivity index (χ0v) is 10.4. The summed E-state index contributed by atoms with van der Waals surface area (Å²) in [6.07, 6.45) is -0.0924. The molecule has 0 bridgehead atoms. The number of carboxylic acids is 2. The van der Waals surface area contributed by atoms with Crippen LogP contribution in [0.2, 0.25) is 0 Å². The van der Waals surface area contributed by atoms with Crippen molar-refractivity contribution in [1.82, 2.24) is 9.88 Å². The van der Waals surface area contributed by atoms with E-state index < -0.39 is 30.9 Å². The van der Waals surface area contributed by atoms with Crippen LogP contribution in [0.4, 0.5) is 0 Å². The number of carboxylic acid groups (broad SMARTS) is 2. The summed E-state index contributed by atoms with van der Waals surface area (Å²) in [7, 11) is 0. The van der Waals surface area contributed by atoms with E-state index in [1.807, 2.05) is 0 Å². The summed E-state index contributed by atoms with van der Waals surface area (Å²) >= 11 is 1.37. The van der Waals surface area contributed by atoms with Crippen LogP contribution in [-0.2, 0) is 20.8 Å². The van der Waals surface area contributed by atoms with Gasteiger partial charge in [0.25, 0.3) is 0 Å². The largest absolute Gasteiger partial charge is 0.480 e. The third kappa shape index (κ3) is 4.50. The summed E-state index contributed by atoms with van der Waals surface area (Å²) in [6, 6.07) is 0. The minimum Gasteiger partial charge on any atom is -0.480 e. The molecule has 0 radical (unpaired) electrons. The zero-order chi connectivity index (χ0) is 13.7. The Kier molecular flexibility index (Phi) is 4.78. The van der Waals surface area contributed by atoms with Crippen molar-refractivity contribution in [3.8, 4) is 0 Å².